The first-order valence-corrected chi connectivity index (χ1v) is 7.04. The van der Waals surface area contributed by atoms with Gasteiger partial charge in [-0.15, -0.1) is 0 Å². The molecule has 0 aliphatic carbocycles. The van der Waals surface area contributed by atoms with E-state index in [1.807, 2.05) is 0 Å². The van der Waals surface area contributed by atoms with E-state index in [0.717, 1.165) is 0 Å². The summed E-state index contributed by atoms with van der Waals surface area (Å²) in [6.45, 7) is -0.620. The van der Waals surface area contributed by atoms with Crippen molar-refractivity contribution in [2.45, 2.75) is 0 Å². The lowest BCUT2D eigenvalue weighted by atomic mass is 10.2. The fourth-order valence-electron chi connectivity index (χ4n) is 1.79. The quantitative estimate of drug-likeness (QED) is 0.659. The molecule has 0 fully saturated rings. The number of nitrogens with one attached hydrogen (secondary N) is 1. The number of hydrogen-bond acceptors (Lipinski definition) is 4. The van der Waals surface area contributed by atoms with E-state index in [-0.39, 0.29) is 10.6 Å². The molecule has 2 rings (SSSR count). The van der Waals surface area contributed by atoms with E-state index in [9.17, 15) is 18.4 Å². The van der Waals surface area contributed by atoms with Crippen molar-refractivity contribution in [1.82, 2.24) is 0 Å². The van der Waals surface area contributed by atoms with Crippen molar-refractivity contribution in [2.75, 3.05) is 19.0 Å². The molecular formula is C16H12ClF2NO4. The monoisotopic (exact) mass is 355 g/mol. The molecule has 5 nitrogen and oxygen atoms in total. The van der Waals surface area contributed by atoms with Crippen LogP contribution in [0.3, 0.4) is 0 Å². The van der Waals surface area contributed by atoms with Gasteiger partial charge >= 0.3 is 5.97 Å². The molecule has 8 heteroatoms. The Bertz CT molecular complexity index is 783. The Balaban J connectivity index is 1.96. The molecule has 1 amide bonds. The summed E-state index contributed by atoms with van der Waals surface area (Å²) >= 11 is 5.65. The molecule has 0 saturated heterocycles. The van der Waals surface area contributed by atoms with Gasteiger partial charge in [0.25, 0.3) is 5.91 Å². The van der Waals surface area contributed by atoms with Crippen LogP contribution in [0.25, 0.3) is 0 Å². The van der Waals surface area contributed by atoms with Gasteiger partial charge in [0.2, 0.25) is 0 Å². The highest BCUT2D eigenvalue weighted by molar-refractivity contribution is 6.33. The van der Waals surface area contributed by atoms with E-state index >= 15 is 0 Å². The second kappa shape index (κ2) is 7.74. The third kappa shape index (κ3) is 4.42. The van der Waals surface area contributed by atoms with Crippen LogP contribution in [0, 0.1) is 11.6 Å². The number of halogens is 3. The number of benzene rings is 2. The number of amides is 1. The van der Waals surface area contributed by atoms with Gasteiger partial charge in [-0.05, 0) is 24.3 Å². The lowest BCUT2D eigenvalue weighted by Crippen LogP contribution is -2.21. The maximum atomic E-state index is 13.1. The summed E-state index contributed by atoms with van der Waals surface area (Å²) in [6, 6.07) is 7.83. The SMILES string of the molecule is COc1cccc(NC(=O)COC(=O)c2cc(F)c(F)cc2Cl)c1. The maximum Gasteiger partial charge on any atom is 0.340 e. The minimum absolute atomic E-state index is 0.313. The third-order valence-corrected chi connectivity index (χ3v) is 3.23. The van der Waals surface area contributed by atoms with Gasteiger partial charge in [0.1, 0.15) is 5.75 Å². The standard InChI is InChI=1S/C16H12ClF2NO4/c1-23-10-4-2-3-9(5-10)20-15(21)8-24-16(22)11-6-13(18)14(19)7-12(11)17/h2-7H,8H2,1H3,(H,20,21). The maximum absolute atomic E-state index is 13.1. The molecule has 126 valence electrons. The van der Waals surface area contributed by atoms with E-state index in [0.29, 0.717) is 23.6 Å². The minimum atomic E-state index is -1.24. The molecule has 0 saturated carbocycles. The fourth-order valence-corrected chi connectivity index (χ4v) is 2.01. The fraction of sp³-hybridized carbons (Fsp3) is 0.125. The van der Waals surface area contributed by atoms with Crippen molar-refractivity contribution < 1.29 is 27.8 Å². The largest absolute Gasteiger partial charge is 0.497 e. The second-order valence-electron chi connectivity index (χ2n) is 4.60. The number of carbonyl (C=O) groups is 2. The Hall–Kier alpha value is -2.67. The number of carbonyl (C=O) groups excluding carboxylic acids is 2. The zero-order chi connectivity index (χ0) is 17.7. The highest BCUT2D eigenvalue weighted by Gasteiger charge is 2.17. The number of rotatable bonds is 5. The average Bonchev–Trinajstić information content (AvgIpc) is 2.56. The minimum Gasteiger partial charge on any atom is -0.497 e. The molecule has 2 aromatic rings. The molecule has 0 aliphatic heterocycles. The van der Waals surface area contributed by atoms with Crippen molar-refractivity contribution in [1.29, 1.82) is 0 Å². The van der Waals surface area contributed by atoms with Crippen LogP contribution in [0.1, 0.15) is 10.4 Å². The van der Waals surface area contributed by atoms with Crippen molar-refractivity contribution in [3.05, 3.63) is 58.6 Å². The smallest absolute Gasteiger partial charge is 0.340 e. The summed E-state index contributed by atoms with van der Waals surface area (Å²) in [5.41, 5.74) is 0.0750. The van der Waals surface area contributed by atoms with Crippen molar-refractivity contribution in [2.24, 2.45) is 0 Å². The highest BCUT2D eigenvalue weighted by atomic mass is 35.5. The van der Waals surface area contributed by atoms with Crippen molar-refractivity contribution in [3.8, 4) is 5.75 Å². The van der Waals surface area contributed by atoms with E-state index < -0.39 is 30.1 Å². The lowest BCUT2D eigenvalue weighted by molar-refractivity contribution is -0.119. The molecule has 0 atom stereocenters. The Morgan fingerprint density at radius 2 is 1.88 bits per heavy atom. The number of anilines is 1. The first-order chi connectivity index (χ1) is 11.4. The summed E-state index contributed by atoms with van der Waals surface area (Å²) in [7, 11) is 1.48. The van der Waals surface area contributed by atoms with E-state index in [4.69, 9.17) is 21.1 Å². The summed E-state index contributed by atoms with van der Waals surface area (Å²) in [6.07, 6.45) is 0. The molecule has 0 bridgehead atoms. The molecule has 0 aliphatic rings. The summed E-state index contributed by atoms with van der Waals surface area (Å²) in [5, 5.41) is 2.18. The predicted octanol–water partition coefficient (Wildman–Crippen LogP) is 3.42. The molecule has 0 radical (unpaired) electrons. The normalized spacial score (nSPS) is 10.2. The van der Waals surface area contributed by atoms with Crippen LogP contribution in [0.2, 0.25) is 5.02 Å². The van der Waals surface area contributed by atoms with Crippen LogP contribution in [-0.2, 0) is 9.53 Å². The number of hydrogen-bond donors (Lipinski definition) is 1. The van der Waals surface area contributed by atoms with Gasteiger partial charge in [-0.25, -0.2) is 13.6 Å². The molecule has 0 aromatic heterocycles. The second-order valence-corrected chi connectivity index (χ2v) is 5.01. The zero-order valence-electron chi connectivity index (χ0n) is 12.4. The number of esters is 1. The average molecular weight is 356 g/mol. The molecular weight excluding hydrogens is 344 g/mol. The van der Waals surface area contributed by atoms with Crippen molar-refractivity contribution >= 4 is 29.2 Å². The number of ether oxygens (including phenoxy) is 2. The summed E-state index contributed by atoms with van der Waals surface area (Å²) < 4.78 is 35.8. The summed E-state index contributed by atoms with van der Waals surface area (Å²) in [5.74, 6) is -3.55. The van der Waals surface area contributed by atoms with E-state index in [1.165, 1.54) is 7.11 Å². The summed E-state index contributed by atoms with van der Waals surface area (Å²) in [4.78, 5) is 23.5. The third-order valence-electron chi connectivity index (χ3n) is 2.92. The van der Waals surface area contributed by atoms with Crippen LogP contribution >= 0.6 is 11.6 Å². The molecule has 0 unspecified atom stereocenters. The molecule has 24 heavy (non-hydrogen) atoms. The van der Waals surface area contributed by atoms with Gasteiger partial charge < -0.3 is 14.8 Å². The van der Waals surface area contributed by atoms with Gasteiger partial charge in [0.15, 0.2) is 18.2 Å². The van der Waals surface area contributed by atoms with Crippen LogP contribution in [0.5, 0.6) is 5.75 Å². The van der Waals surface area contributed by atoms with Gasteiger partial charge in [0.05, 0.1) is 17.7 Å². The van der Waals surface area contributed by atoms with Crippen molar-refractivity contribution in [3.63, 3.8) is 0 Å². The van der Waals surface area contributed by atoms with Crippen LogP contribution in [0.4, 0.5) is 14.5 Å². The van der Waals surface area contributed by atoms with Gasteiger partial charge in [-0.1, -0.05) is 17.7 Å². The van der Waals surface area contributed by atoms with E-state index in [1.54, 1.807) is 24.3 Å². The molecule has 0 heterocycles. The van der Waals surface area contributed by atoms with Gasteiger partial charge in [0, 0.05) is 11.8 Å². The Morgan fingerprint density at radius 1 is 1.17 bits per heavy atom. The van der Waals surface area contributed by atoms with Crippen LogP contribution < -0.4 is 10.1 Å². The Kier molecular flexibility index (Phi) is 5.70. The van der Waals surface area contributed by atoms with Gasteiger partial charge in [-0.3, -0.25) is 4.79 Å². The first-order valence-electron chi connectivity index (χ1n) is 6.66. The highest BCUT2D eigenvalue weighted by Crippen LogP contribution is 2.21. The van der Waals surface area contributed by atoms with Gasteiger partial charge in [-0.2, -0.15) is 0 Å². The van der Waals surface area contributed by atoms with Crippen LogP contribution in [0.15, 0.2) is 36.4 Å². The lowest BCUT2D eigenvalue weighted by Gasteiger charge is -2.08. The molecule has 0 spiro atoms. The Morgan fingerprint density at radius 3 is 2.58 bits per heavy atom. The topological polar surface area (TPSA) is 64.6 Å². The predicted molar refractivity (Wildman–Crippen MR) is 83.3 cm³/mol. The molecule has 2 aromatic carbocycles. The first kappa shape index (κ1) is 17.7. The Labute approximate surface area is 141 Å². The number of methoxy groups -OCH3 is 1. The molecule has 1 N–H and O–H groups in total. The van der Waals surface area contributed by atoms with Crippen LogP contribution in [-0.4, -0.2) is 25.6 Å². The zero-order valence-corrected chi connectivity index (χ0v) is 13.2. The van der Waals surface area contributed by atoms with E-state index in [2.05, 4.69) is 5.32 Å².